The molecule has 1 aliphatic rings. The van der Waals surface area contributed by atoms with Gasteiger partial charge >= 0.3 is 12.1 Å². The molecule has 0 spiro atoms. The van der Waals surface area contributed by atoms with Gasteiger partial charge in [-0.3, -0.25) is 0 Å². The van der Waals surface area contributed by atoms with Crippen LogP contribution in [-0.4, -0.2) is 43.9 Å². The molecule has 40 heavy (non-hydrogen) atoms. The van der Waals surface area contributed by atoms with Crippen LogP contribution < -0.4 is 5.32 Å². The maximum Gasteiger partial charge on any atom is 0.407 e. The molecule has 0 saturated heterocycles. The van der Waals surface area contributed by atoms with Crippen LogP contribution in [0.5, 0.6) is 0 Å². The summed E-state index contributed by atoms with van der Waals surface area (Å²) in [6.07, 6.45) is -0.731. The molecular formula is C31H37NO5S2Si. The van der Waals surface area contributed by atoms with Crippen molar-refractivity contribution in [2.24, 2.45) is 0 Å². The molecule has 0 radical (unpaired) electrons. The second kappa shape index (κ2) is 12.8. The van der Waals surface area contributed by atoms with Crippen LogP contribution in [0.1, 0.15) is 43.4 Å². The summed E-state index contributed by atoms with van der Waals surface area (Å²) in [5, 5.41) is 12.4. The van der Waals surface area contributed by atoms with Gasteiger partial charge < -0.3 is 19.6 Å². The number of aliphatic carboxylic acids is 1. The van der Waals surface area contributed by atoms with E-state index < -0.39 is 26.4 Å². The van der Waals surface area contributed by atoms with E-state index in [0.717, 1.165) is 32.7 Å². The first-order valence-electron chi connectivity index (χ1n) is 13.3. The molecule has 2 N–H and O–H groups in total. The Labute approximate surface area is 245 Å². The lowest BCUT2D eigenvalue weighted by Crippen LogP contribution is -2.43. The van der Waals surface area contributed by atoms with E-state index in [1.165, 1.54) is 21.6 Å². The molecule has 1 atom stereocenters. The molecule has 0 heterocycles. The number of fused-ring (bicyclic) bond motifs is 3. The third-order valence-corrected chi connectivity index (χ3v) is 14.5. The fourth-order valence-corrected chi connectivity index (χ4v) is 7.38. The number of nitrogens with one attached hydrogen (secondary N) is 1. The van der Waals surface area contributed by atoms with E-state index in [9.17, 15) is 14.7 Å². The smallest absolute Gasteiger partial charge is 0.407 e. The van der Waals surface area contributed by atoms with Gasteiger partial charge in [-0.05, 0) is 58.1 Å². The molecule has 0 fully saturated rings. The Hall–Kier alpha value is -2.72. The minimum atomic E-state index is -1.81. The van der Waals surface area contributed by atoms with Gasteiger partial charge in [0.1, 0.15) is 12.6 Å². The molecule has 4 rings (SSSR count). The van der Waals surface area contributed by atoms with Crippen LogP contribution in [0.2, 0.25) is 18.1 Å². The van der Waals surface area contributed by atoms with Gasteiger partial charge in [-0.2, -0.15) is 0 Å². The summed E-state index contributed by atoms with van der Waals surface area (Å²) in [7, 11) is 1.04. The van der Waals surface area contributed by atoms with Gasteiger partial charge in [0.05, 0.1) is 6.61 Å². The lowest BCUT2D eigenvalue weighted by molar-refractivity contribution is -0.138. The van der Waals surface area contributed by atoms with Crippen molar-refractivity contribution in [2.75, 3.05) is 12.4 Å². The fourth-order valence-electron chi connectivity index (χ4n) is 4.25. The van der Waals surface area contributed by atoms with Crippen LogP contribution >= 0.6 is 21.6 Å². The van der Waals surface area contributed by atoms with Crippen molar-refractivity contribution in [3.05, 3.63) is 89.5 Å². The van der Waals surface area contributed by atoms with Crippen LogP contribution in [-0.2, 0) is 20.6 Å². The topological polar surface area (TPSA) is 84.9 Å². The summed E-state index contributed by atoms with van der Waals surface area (Å²) in [5.74, 6) is -0.984. The van der Waals surface area contributed by atoms with Crippen LogP contribution in [0.25, 0.3) is 11.1 Å². The third-order valence-electron chi connectivity index (χ3n) is 7.65. The van der Waals surface area contributed by atoms with Crippen LogP contribution in [0.4, 0.5) is 4.79 Å². The number of amides is 1. The number of ether oxygens (including phenoxy) is 1. The van der Waals surface area contributed by atoms with Crippen LogP contribution in [0.15, 0.2) is 77.7 Å². The predicted molar refractivity (Wildman–Crippen MR) is 166 cm³/mol. The maximum absolute atomic E-state index is 12.6. The second-order valence-corrected chi connectivity index (χ2v) is 18.6. The van der Waals surface area contributed by atoms with E-state index in [1.807, 2.05) is 60.7 Å². The van der Waals surface area contributed by atoms with Gasteiger partial charge in [-0.1, -0.05) is 103 Å². The molecule has 9 heteroatoms. The Balaban J connectivity index is 1.25. The zero-order valence-corrected chi connectivity index (χ0v) is 26.2. The average molecular weight is 596 g/mol. The molecule has 212 valence electrons. The Morgan fingerprint density at radius 3 is 2.08 bits per heavy atom. The molecular weight excluding hydrogens is 559 g/mol. The van der Waals surface area contributed by atoms with Gasteiger partial charge in [0, 0.05) is 16.6 Å². The van der Waals surface area contributed by atoms with E-state index in [1.54, 1.807) is 0 Å². The molecule has 0 saturated carbocycles. The van der Waals surface area contributed by atoms with Crippen molar-refractivity contribution in [3.63, 3.8) is 0 Å². The highest BCUT2D eigenvalue weighted by Gasteiger charge is 2.37. The van der Waals surface area contributed by atoms with Crippen molar-refractivity contribution >= 4 is 42.0 Å². The number of benzene rings is 3. The highest BCUT2D eigenvalue weighted by Crippen LogP contribution is 2.44. The molecule has 1 aliphatic carbocycles. The number of rotatable bonds is 11. The minimum absolute atomic E-state index is 0.0818. The summed E-state index contributed by atoms with van der Waals surface area (Å²) in [4.78, 5) is 25.4. The largest absolute Gasteiger partial charge is 0.480 e. The first-order chi connectivity index (χ1) is 19.0. The Bertz CT molecular complexity index is 1290. The maximum atomic E-state index is 12.6. The predicted octanol–water partition coefficient (Wildman–Crippen LogP) is 7.94. The Morgan fingerprint density at radius 2 is 1.52 bits per heavy atom. The number of carbonyl (C=O) groups excluding carboxylic acids is 1. The van der Waals surface area contributed by atoms with E-state index in [-0.39, 0.29) is 23.3 Å². The van der Waals surface area contributed by atoms with Gasteiger partial charge in [-0.15, -0.1) is 0 Å². The van der Waals surface area contributed by atoms with Crippen molar-refractivity contribution in [1.29, 1.82) is 0 Å². The lowest BCUT2D eigenvalue weighted by Gasteiger charge is -2.36. The molecule has 1 amide bonds. The molecule has 0 aromatic heterocycles. The van der Waals surface area contributed by atoms with Gasteiger partial charge in [0.25, 0.3) is 0 Å². The summed E-state index contributed by atoms with van der Waals surface area (Å²) in [6, 6.07) is 23.2. The van der Waals surface area contributed by atoms with Crippen molar-refractivity contribution in [1.82, 2.24) is 5.32 Å². The van der Waals surface area contributed by atoms with E-state index in [4.69, 9.17) is 9.16 Å². The van der Waals surface area contributed by atoms with E-state index in [0.29, 0.717) is 6.61 Å². The lowest BCUT2D eigenvalue weighted by atomic mass is 9.98. The minimum Gasteiger partial charge on any atom is -0.480 e. The van der Waals surface area contributed by atoms with Gasteiger partial charge in [-0.25, -0.2) is 9.59 Å². The number of carboxylic acids is 1. The third kappa shape index (κ3) is 7.31. The number of hydrogen-bond acceptors (Lipinski definition) is 6. The second-order valence-electron chi connectivity index (χ2n) is 11.4. The monoisotopic (exact) mass is 595 g/mol. The number of alkyl carbamates (subject to hydrolysis) is 1. The van der Waals surface area contributed by atoms with Crippen molar-refractivity contribution in [2.45, 2.75) is 62.4 Å². The zero-order chi connectivity index (χ0) is 28.9. The van der Waals surface area contributed by atoms with Crippen LogP contribution in [0.3, 0.4) is 0 Å². The first-order valence-corrected chi connectivity index (χ1v) is 18.6. The SMILES string of the molecule is CC(C)(C)[Si](C)(C)OCc1ccc(SSCC(NC(=O)OCC2c3ccccc3-c3ccccc32)C(=O)O)cc1. The number of carboxylic acid groups (broad SMARTS) is 1. The zero-order valence-electron chi connectivity index (χ0n) is 23.6. The molecule has 3 aromatic rings. The highest BCUT2D eigenvalue weighted by molar-refractivity contribution is 8.76. The summed E-state index contributed by atoms with van der Waals surface area (Å²) < 4.78 is 11.8. The average Bonchev–Trinajstić information content (AvgIpc) is 3.24. The summed E-state index contributed by atoms with van der Waals surface area (Å²) in [5.41, 5.74) is 5.60. The summed E-state index contributed by atoms with van der Waals surface area (Å²) in [6.45, 7) is 11.9. The van der Waals surface area contributed by atoms with Crippen LogP contribution in [0, 0.1) is 0 Å². The molecule has 0 aliphatic heterocycles. The number of hydrogen-bond donors (Lipinski definition) is 2. The Kier molecular flexibility index (Phi) is 9.71. The highest BCUT2D eigenvalue weighted by atomic mass is 33.1. The molecule has 1 unspecified atom stereocenters. The Morgan fingerprint density at radius 1 is 0.950 bits per heavy atom. The molecule has 6 nitrogen and oxygen atoms in total. The molecule has 3 aromatic carbocycles. The van der Waals surface area contributed by atoms with E-state index in [2.05, 4.69) is 51.3 Å². The summed E-state index contributed by atoms with van der Waals surface area (Å²) >= 11 is 0. The van der Waals surface area contributed by atoms with E-state index >= 15 is 0 Å². The van der Waals surface area contributed by atoms with Crippen molar-refractivity contribution in [3.8, 4) is 11.1 Å². The quantitative estimate of drug-likeness (QED) is 0.172. The van der Waals surface area contributed by atoms with Gasteiger partial charge in [0.2, 0.25) is 0 Å². The van der Waals surface area contributed by atoms with Crippen molar-refractivity contribution < 1.29 is 23.9 Å². The normalized spacial score (nSPS) is 13.8. The van der Waals surface area contributed by atoms with Gasteiger partial charge in [0.15, 0.2) is 8.32 Å². The standard InChI is InChI=1S/C31H37NO5S2Si/c1-31(2,3)40(4,5)37-18-21-14-16-22(17-15-21)39-38-20-28(29(33)34)32-30(35)36-19-27-25-12-8-6-10-23(25)24-11-7-9-13-26(24)27/h6-17,27-28H,18-20H2,1-5H3,(H,32,35)(H,33,34). The molecule has 0 bridgehead atoms. The number of carbonyl (C=O) groups is 2. The fraction of sp³-hybridized carbons (Fsp3) is 0.355. The first kappa shape index (κ1) is 30.2.